The lowest BCUT2D eigenvalue weighted by atomic mass is 9.85. The minimum atomic E-state index is -0.498. The Morgan fingerprint density at radius 2 is 2.27 bits per heavy atom. The quantitative estimate of drug-likeness (QED) is 0.808. The summed E-state index contributed by atoms with van der Waals surface area (Å²) >= 11 is 0. The molecule has 0 unspecified atom stereocenters. The molecule has 1 heterocycles. The summed E-state index contributed by atoms with van der Waals surface area (Å²) in [4.78, 5) is 16.2. The number of hydrogen-bond donors (Lipinski definition) is 3. The highest BCUT2D eigenvalue weighted by Gasteiger charge is 2.25. The average molecular weight is 303 g/mol. The van der Waals surface area contributed by atoms with E-state index in [9.17, 15) is 9.18 Å². The summed E-state index contributed by atoms with van der Waals surface area (Å²) in [6.45, 7) is 0. The number of nitrogens with two attached hydrogens (primary N) is 1. The highest BCUT2D eigenvalue weighted by atomic mass is 19.1. The van der Waals surface area contributed by atoms with Crippen molar-refractivity contribution in [2.45, 2.75) is 31.7 Å². The third-order valence-electron chi connectivity index (χ3n) is 4.00. The van der Waals surface area contributed by atoms with Crippen molar-refractivity contribution in [2.24, 2.45) is 11.7 Å². The summed E-state index contributed by atoms with van der Waals surface area (Å²) in [7, 11) is 0. The molecule has 3 rings (SSSR count). The first-order chi connectivity index (χ1) is 10.6. The number of carbonyl (C=O) groups excluding carboxylic acids is 1. The minimum Gasteiger partial charge on any atom is -0.328 e. The van der Waals surface area contributed by atoms with Crippen LogP contribution in [0, 0.1) is 11.7 Å². The van der Waals surface area contributed by atoms with Gasteiger partial charge in [0.2, 0.25) is 5.91 Å². The lowest BCUT2D eigenvalue weighted by Gasteiger charge is -2.25. The molecule has 116 valence electrons. The molecule has 0 saturated heterocycles. The van der Waals surface area contributed by atoms with E-state index in [0.717, 1.165) is 19.3 Å². The molecule has 4 N–H and O–H groups in total. The van der Waals surface area contributed by atoms with Gasteiger partial charge in [-0.3, -0.25) is 9.89 Å². The third kappa shape index (κ3) is 3.14. The molecule has 0 spiro atoms. The van der Waals surface area contributed by atoms with E-state index < -0.39 is 5.82 Å². The Balaban J connectivity index is 1.71. The van der Waals surface area contributed by atoms with Crippen LogP contribution < -0.4 is 11.1 Å². The third-order valence-corrected chi connectivity index (χ3v) is 4.00. The molecule has 2 aromatic rings. The normalized spacial score (nSPS) is 21.5. The maximum Gasteiger partial charge on any atom is 0.227 e. The molecule has 1 aromatic heterocycles. The Morgan fingerprint density at radius 1 is 1.41 bits per heavy atom. The number of nitrogens with zero attached hydrogens (tertiary/aromatic N) is 2. The zero-order chi connectivity index (χ0) is 15.5. The lowest BCUT2D eigenvalue weighted by molar-refractivity contribution is -0.120. The molecule has 1 fully saturated rings. The fourth-order valence-corrected chi connectivity index (χ4v) is 2.81. The first-order valence-corrected chi connectivity index (χ1v) is 7.35. The van der Waals surface area contributed by atoms with Crippen molar-refractivity contribution in [1.29, 1.82) is 0 Å². The van der Waals surface area contributed by atoms with Crippen molar-refractivity contribution in [3.63, 3.8) is 0 Å². The molecule has 1 aliphatic rings. The van der Waals surface area contributed by atoms with Crippen LogP contribution in [0.15, 0.2) is 24.5 Å². The van der Waals surface area contributed by atoms with Gasteiger partial charge in [0.1, 0.15) is 12.1 Å². The molecule has 1 aromatic carbocycles. The van der Waals surface area contributed by atoms with E-state index in [0.29, 0.717) is 17.8 Å². The van der Waals surface area contributed by atoms with Crippen LogP contribution in [0.5, 0.6) is 0 Å². The Bertz CT molecular complexity index is 658. The highest BCUT2D eigenvalue weighted by Crippen LogP contribution is 2.26. The van der Waals surface area contributed by atoms with E-state index in [1.807, 2.05) is 0 Å². The molecule has 6 nitrogen and oxygen atoms in total. The van der Waals surface area contributed by atoms with Crippen molar-refractivity contribution >= 4 is 11.6 Å². The second-order valence-electron chi connectivity index (χ2n) is 5.64. The summed E-state index contributed by atoms with van der Waals surface area (Å²) < 4.78 is 14.1. The summed E-state index contributed by atoms with van der Waals surface area (Å²) in [6.07, 6.45) is 4.70. The second-order valence-corrected chi connectivity index (χ2v) is 5.64. The summed E-state index contributed by atoms with van der Waals surface area (Å²) in [5.41, 5.74) is 6.64. The fourth-order valence-electron chi connectivity index (χ4n) is 2.81. The van der Waals surface area contributed by atoms with Gasteiger partial charge in [0.05, 0.1) is 5.69 Å². The number of aromatic amines is 1. The molecule has 1 saturated carbocycles. The van der Waals surface area contributed by atoms with E-state index in [4.69, 9.17) is 5.73 Å². The first kappa shape index (κ1) is 14.6. The number of nitrogens with one attached hydrogen (secondary N) is 2. The first-order valence-electron chi connectivity index (χ1n) is 7.35. The van der Waals surface area contributed by atoms with Gasteiger partial charge in [-0.15, -0.1) is 0 Å². The van der Waals surface area contributed by atoms with Crippen LogP contribution in [0.4, 0.5) is 10.1 Å². The molecule has 0 aliphatic heterocycles. The minimum absolute atomic E-state index is 0.0585. The maximum atomic E-state index is 14.1. The predicted molar refractivity (Wildman–Crippen MR) is 80.3 cm³/mol. The van der Waals surface area contributed by atoms with Gasteiger partial charge in [-0.25, -0.2) is 9.37 Å². The summed E-state index contributed by atoms with van der Waals surface area (Å²) in [5, 5.41) is 9.05. The summed E-state index contributed by atoms with van der Waals surface area (Å²) in [6, 6.07) is 4.60. The number of H-pyrrole nitrogens is 1. The zero-order valence-electron chi connectivity index (χ0n) is 12.1. The SMILES string of the molecule is N[C@H]1CCC[C@@H](C(=O)Nc2ccc(-c3ncn[nH]3)cc2F)C1. The molecule has 0 radical (unpaired) electrons. The van der Waals surface area contributed by atoms with Gasteiger partial charge in [0, 0.05) is 17.5 Å². The van der Waals surface area contributed by atoms with E-state index in [1.165, 1.54) is 18.5 Å². The van der Waals surface area contributed by atoms with Crippen molar-refractivity contribution < 1.29 is 9.18 Å². The number of benzene rings is 1. The maximum absolute atomic E-state index is 14.1. The smallest absolute Gasteiger partial charge is 0.227 e. The van der Waals surface area contributed by atoms with Crippen LogP contribution in [0.3, 0.4) is 0 Å². The molecule has 22 heavy (non-hydrogen) atoms. The fraction of sp³-hybridized carbons (Fsp3) is 0.400. The number of rotatable bonds is 3. The van der Waals surface area contributed by atoms with E-state index in [-0.39, 0.29) is 23.6 Å². The van der Waals surface area contributed by atoms with Crippen molar-refractivity contribution in [3.05, 3.63) is 30.3 Å². The largest absolute Gasteiger partial charge is 0.328 e. The summed E-state index contributed by atoms with van der Waals surface area (Å²) in [5.74, 6) is -0.323. The van der Waals surface area contributed by atoms with Gasteiger partial charge in [0.15, 0.2) is 5.82 Å². The van der Waals surface area contributed by atoms with Gasteiger partial charge < -0.3 is 11.1 Å². The Labute approximate surface area is 127 Å². The van der Waals surface area contributed by atoms with Crippen molar-refractivity contribution in [2.75, 3.05) is 5.32 Å². The van der Waals surface area contributed by atoms with Crippen LogP contribution in [-0.2, 0) is 4.79 Å². The van der Waals surface area contributed by atoms with Crippen molar-refractivity contribution in [1.82, 2.24) is 15.2 Å². The average Bonchev–Trinajstić information content (AvgIpc) is 3.03. The van der Waals surface area contributed by atoms with Gasteiger partial charge in [0.25, 0.3) is 0 Å². The Kier molecular flexibility index (Phi) is 4.15. The van der Waals surface area contributed by atoms with Crippen LogP contribution >= 0.6 is 0 Å². The van der Waals surface area contributed by atoms with Crippen LogP contribution in [0.2, 0.25) is 0 Å². The van der Waals surface area contributed by atoms with E-state index in [2.05, 4.69) is 20.5 Å². The van der Waals surface area contributed by atoms with E-state index in [1.54, 1.807) is 6.07 Å². The lowest BCUT2D eigenvalue weighted by Crippen LogP contribution is -2.34. The highest BCUT2D eigenvalue weighted by molar-refractivity contribution is 5.93. The monoisotopic (exact) mass is 303 g/mol. The van der Waals surface area contributed by atoms with Gasteiger partial charge in [-0.2, -0.15) is 5.10 Å². The molecule has 1 amide bonds. The molecule has 7 heteroatoms. The molecule has 0 bridgehead atoms. The predicted octanol–water partition coefficient (Wildman–Crippen LogP) is 2.07. The second kappa shape index (κ2) is 6.23. The number of hydrogen-bond acceptors (Lipinski definition) is 4. The zero-order valence-corrected chi connectivity index (χ0v) is 12.1. The number of amides is 1. The number of anilines is 1. The van der Waals surface area contributed by atoms with Gasteiger partial charge in [-0.1, -0.05) is 6.42 Å². The molecular weight excluding hydrogens is 285 g/mol. The van der Waals surface area contributed by atoms with Crippen LogP contribution in [0.25, 0.3) is 11.4 Å². The number of halogens is 1. The molecular formula is C15H18FN5O. The number of aromatic nitrogens is 3. The number of carbonyl (C=O) groups is 1. The van der Waals surface area contributed by atoms with Crippen molar-refractivity contribution in [3.8, 4) is 11.4 Å². The molecule has 1 aliphatic carbocycles. The van der Waals surface area contributed by atoms with Crippen LogP contribution in [-0.4, -0.2) is 27.1 Å². The topological polar surface area (TPSA) is 96.7 Å². The van der Waals surface area contributed by atoms with Crippen LogP contribution in [0.1, 0.15) is 25.7 Å². The standard InChI is InChI=1S/C15H18FN5O/c16-12-7-9(14-18-8-19-21-14)4-5-13(12)20-15(22)10-2-1-3-11(17)6-10/h4-5,7-8,10-11H,1-3,6,17H2,(H,20,22)(H,18,19,21)/t10-,11+/m1/s1. The van der Waals surface area contributed by atoms with E-state index >= 15 is 0 Å². The Morgan fingerprint density at radius 3 is 2.95 bits per heavy atom. The molecule has 2 atom stereocenters. The Hall–Kier alpha value is -2.28. The van der Waals surface area contributed by atoms with Gasteiger partial charge >= 0.3 is 0 Å². The van der Waals surface area contributed by atoms with Gasteiger partial charge in [-0.05, 0) is 37.5 Å².